The quantitative estimate of drug-likeness (QED) is 0.651. The third kappa shape index (κ3) is 4.11. The molecule has 0 unspecified atom stereocenters. The number of hydrogen-bond donors (Lipinski definition) is 1. The fourth-order valence-electron chi connectivity index (χ4n) is 2.46. The molecule has 0 aliphatic carbocycles. The average Bonchev–Trinajstić information content (AvgIpc) is 2.66. The lowest BCUT2D eigenvalue weighted by Gasteiger charge is -2.12. The molecule has 1 heterocycles. The van der Waals surface area contributed by atoms with Gasteiger partial charge < -0.3 is 15.2 Å². The lowest BCUT2D eigenvalue weighted by atomic mass is 10.0. The first kappa shape index (κ1) is 17.7. The third-order valence-corrected chi connectivity index (χ3v) is 4.12. The summed E-state index contributed by atoms with van der Waals surface area (Å²) in [4.78, 5) is 8.24. The molecule has 134 valence electrons. The SMILES string of the molecule is CCc1ccc(Oc2ncnc(Oc3ccc(C(C)C)cc3)c2N)cc1. The van der Waals surface area contributed by atoms with Crippen molar-refractivity contribution in [3.05, 3.63) is 66.0 Å². The van der Waals surface area contributed by atoms with E-state index in [2.05, 4.69) is 30.7 Å². The van der Waals surface area contributed by atoms with E-state index in [0.717, 1.165) is 6.42 Å². The fourth-order valence-corrected chi connectivity index (χ4v) is 2.46. The molecule has 2 N–H and O–H groups in total. The van der Waals surface area contributed by atoms with E-state index in [1.54, 1.807) is 0 Å². The van der Waals surface area contributed by atoms with E-state index in [1.807, 2.05) is 48.5 Å². The van der Waals surface area contributed by atoms with Gasteiger partial charge in [-0.2, -0.15) is 9.97 Å². The van der Waals surface area contributed by atoms with Crippen LogP contribution in [0.3, 0.4) is 0 Å². The first-order valence-corrected chi connectivity index (χ1v) is 8.72. The summed E-state index contributed by atoms with van der Waals surface area (Å²) in [7, 11) is 0. The Bertz CT molecular complexity index is 859. The van der Waals surface area contributed by atoms with Crippen molar-refractivity contribution in [2.75, 3.05) is 5.73 Å². The Hall–Kier alpha value is -3.08. The summed E-state index contributed by atoms with van der Waals surface area (Å²) >= 11 is 0. The van der Waals surface area contributed by atoms with Crippen molar-refractivity contribution < 1.29 is 9.47 Å². The molecular weight excluding hydrogens is 326 g/mol. The molecule has 5 nitrogen and oxygen atoms in total. The van der Waals surface area contributed by atoms with Crippen molar-refractivity contribution in [3.8, 4) is 23.3 Å². The molecule has 0 spiro atoms. The molecule has 2 aromatic carbocycles. The van der Waals surface area contributed by atoms with Gasteiger partial charge in [0.15, 0.2) is 5.69 Å². The zero-order valence-corrected chi connectivity index (χ0v) is 15.3. The summed E-state index contributed by atoms with van der Waals surface area (Å²) in [5.41, 5.74) is 8.88. The van der Waals surface area contributed by atoms with Crippen molar-refractivity contribution in [1.29, 1.82) is 0 Å². The highest BCUT2D eigenvalue weighted by atomic mass is 16.5. The van der Waals surface area contributed by atoms with E-state index < -0.39 is 0 Å². The van der Waals surface area contributed by atoms with Crippen LogP contribution in [0.15, 0.2) is 54.9 Å². The molecule has 0 atom stereocenters. The predicted octanol–water partition coefficient (Wildman–Crippen LogP) is 5.33. The average molecular weight is 349 g/mol. The number of aromatic nitrogens is 2. The summed E-state index contributed by atoms with van der Waals surface area (Å²) in [5.74, 6) is 2.35. The van der Waals surface area contributed by atoms with Crippen LogP contribution in [0, 0.1) is 0 Å². The third-order valence-electron chi connectivity index (χ3n) is 4.12. The van der Waals surface area contributed by atoms with Crippen LogP contribution in [-0.2, 0) is 6.42 Å². The molecular formula is C21H23N3O2. The van der Waals surface area contributed by atoms with Gasteiger partial charge >= 0.3 is 0 Å². The maximum atomic E-state index is 6.14. The topological polar surface area (TPSA) is 70.3 Å². The summed E-state index contributed by atoms with van der Waals surface area (Å²) in [6.45, 7) is 6.40. The van der Waals surface area contributed by atoms with Crippen molar-refractivity contribution in [2.45, 2.75) is 33.1 Å². The monoisotopic (exact) mass is 349 g/mol. The van der Waals surface area contributed by atoms with Crippen LogP contribution in [-0.4, -0.2) is 9.97 Å². The van der Waals surface area contributed by atoms with Gasteiger partial charge in [-0.15, -0.1) is 0 Å². The van der Waals surface area contributed by atoms with Crippen LogP contribution < -0.4 is 15.2 Å². The largest absolute Gasteiger partial charge is 0.437 e. The first-order valence-electron chi connectivity index (χ1n) is 8.72. The molecule has 3 aromatic rings. The Kier molecular flexibility index (Phi) is 5.37. The summed E-state index contributed by atoms with van der Waals surface area (Å²) in [5, 5.41) is 0. The second-order valence-electron chi connectivity index (χ2n) is 6.32. The van der Waals surface area contributed by atoms with Gasteiger partial charge in [0, 0.05) is 0 Å². The highest BCUT2D eigenvalue weighted by Gasteiger charge is 2.13. The predicted molar refractivity (Wildman–Crippen MR) is 103 cm³/mol. The molecule has 0 aliphatic heterocycles. The maximum absolute atomic E-state index is 6.14. The minimum atomic E-state index is 0.264. The van der Waals surface area contributed by atoms with Gasteiger partial charge in [-0.05, 0) is 47.7 Å². The number of hydrogen-bond acceptors (Lipinski definition) is 5. The van der Waals surface area contributed by atoms with Crippen LogP contribution in [0.2, 0.25) is 0 Å². The number of ether oxygens (including phenoxy) is 2. The van der Waals surface area contributed by atoms with Crippen LogP contribution in [0.4, 0.5) is 5.69 Å². The number of aryl methyl sites for hydroxylation is 1. The van der Waals surface area contributed by atoms with Crippen molar-refractivity contribution in [3.63, 3.8) is 0 Å². The van der Waals surface area contributed by atoms with Gasteiger partial charge in [0.2, 0.25) is 11.8 Å². The maximum Gasteiger partial charge on any atom is 0.249 e. The van der Waals surface area contributed by atoms with E-state index in [4.69, 9.17) is 15.2 Å². The molecule has 3 rings (SSSR count). The van der Waals surface area contributed by atoms with Crippen LogP contribution in [0.25, 0.3) is 0 Å². The molecule has 0 amide bonds. The summed E-state index contributed by atoms with van der Waals surface area (Å²) < 4.78 is 11.6. The standard InChI is InChI=1S/C21H23N3O2/c1-4-15-5-9-17(10-6-15)25-20-19(22)21(24-13-23-20)26-18-11-7-16(8-12-18)14(2)3/h5-14H,4,22H2,1-3H3. The van der Waals surface area contributed by atoms with Gasteiger partial charge in [0.25, 0.3) is 0 Å². The van der Waals surface area contributed by atoms with E-state index in [9.17, 15) is 0 Å². The Morgan fingerprint density at radius 1 is 0.846 bits per heavy atom. The number of benzene rings is 2. The molecule has 0 saturated carbocycles. The van der Waals surface area contributed by atoms with E-state index >= 15 is 0 Å². The number of rotatable bonds is 6. The second-order valence-corrected chi connectivity index (χ2v) is 6.32. The highest BCUT2D eigenvalue weighted by molar-refractivity contribution is 5.58. The second kappa shape index (κ2) is 7.87. The van der Waals surface area contributed by atoms with E-state index in [1.165, 1.54) is 17.5 Å². The lowest BCUT2D eigenvalue weighted by Crippen LogP contribution is -2.00. The van der Waals surface area contributed by atoms with E-state index in [0.29, 0.717) is 17.4 Å². The van der Waals surface area contributed by atoms with Gasteiger partial charge in [0.1, 0.15) is 17.8 Å². The highest BCUT2D eigenvalue weighted by Crippen LogP contribution is 2.33. The fraction of sp³-hybridized carbons (Fsp3) is 0.238. The lowest BCUT2D eigenvalue weighted by molar-refractivity contribution is 0.438. The zero-order chi connectivity index (χ0) is 18.5. The van der Waals surface area contributed by atoms with Crippen LogP contribution in [0.5, 0.6) is 23.3 Å². The first-order chi connectivity index (χ1) is 12.6. The molecule has 0 bridgehead atoms. The molecule has 0 fully saturated rings. The minimum Gasteiger partial charge on any atom is -0.437 e. The molecule has 5 heteroatoms. The molecule has 26 heavy (non-hydrogen) atoms. The summed E-state index contributed by atoms with van der Waals surface area (Å²) in [6, 6.07) is 15.7. The normalized spacial score (nSPS) is 10.8. The van der Waals surface area contributed by atoms with Crippen molar-refractivity contribution in [2.24, 2.45) is 0 Å². The van der Waals surface area contributed by atoms with Crippen molar-refractivity contribution in [1.82, 2.24) is 9.97 Å². The number of nitrogens with zero attached hydrogens (tertiary/aromatic N) is 2. The van der Waals surface area contributed by atoms with Gasteiger partial charge in [-0.1, -0.05) is 45.0 Å². The Labute approximate surface area is 153 Å². The van der Waals surface area contributed by atoms with Crippen LogP contribution in [0.1, 0.15) is 37.8 Å². The van der Waals surface area contributed by atoms with Crippen molar-refractivity contribution >= 4 is 5.69 Å². The zero-order valence-electron chi connectivity index (χ0n) is 15.3. The molecule has 1 aromatic heterocycles. The summed E-state index contributed by atoms with van der Waals surface area (Å²) in [6.07, 6.45) is 2.35. The number of nitrogens with two attached hydrogens (primary N) is 1. The molecule has 0 aliphatic rings. The number of nitrogen functional groups attached to an aromatic ring is 1. The smallest absolute Gasteiger partial charge is 0.249 e. The Morgan fingerprint density at radius 3 is 1.81 bits per heavy atom. The number of anilines is 1. The van der Waals surface area contributed by atoms with Gasteiger partial charge in [-0.25, -0.2) is 0 Å². The van der Waals surface area contributed by atoms with Crippen LogP contribution >= 0.6 is 0 Å². The Balaban J connectivity index is 1.77. The molecule has 0 saturated heterocycles. The minimum absolute atomic E-state index is 0.264. The van der Waals surface area contributed by atoms with Gasteiger partial charge in [0.05, 0.1) is 0 Å². The Morgan fingerprint density at radius 2 is 1.35 bits per heavy atom. The van der Waals surface area contributed by atoms with Gasteiger partial charge in [-0.3, -0.25) is 0 Å². The molecule has 0 radical (unpaired) electrons. The van der Waals surface area contributed by atoms with E-state index in [-0.39, 0.29) is 17.4 Å².